The van der Waals surface area contributed by atoms with E-state index >= 15 is 0 Å². The minimum Gasteiger partial charge on any atom is -0.298 e. The molecule has 0 saturated carbocycles. The van der Waals surface area contributed by atoms with Gasteiger partial charge in [-0.05, 0) is 6.42 Å². The van der Waals surface area contributed by atoms with Gasteiger partial charge in [0.2, 0.25) is 0 Å². The van der Waals surface area contributed by atoms with Crippen LogP contribution in [-0.2, 0) is 4.79 Å². The fourth-order valence-corrected chi connectivity index (χ4v) is 4.60. The molecule has 0 amide bonds. The first kappa shape index (κ1) is 14.4. The van der Waals surface area contributed by atoms with Crippen molar-refractivity contribution in [3.63, 3.8) is 0 Å². The lowest BCUT2D eigenvalue weighted by Crippen LogP contribution is -2.23. The minimum absolute atomic E-state index is 0.314. The lowest BCUT2D eigenvalue weighted by Gasteiger charge is -2.19. The zero-order chi connectivity index (χ0) is 11.6. The van der Waals surface area contributed by atoms with Crippen molar-refractivity contribution in [1.82, 2.24) is 0 Å². The van der Waals surface area contributed by atoms with Gasteiger partial charge in [-0.15, -0.1) is 11.8 Å². The Kier molecular flexibility index (Phi) is 8.48. The van der Waals surface area contributed by atoms with Gasteiger partial charge in [0, 0.05) is 23.7 Å². The molecule has 1 rings (SSSR count). The van der Waals surface area contributed by atoms with Gasteiger partial charge in [-0.3, -0.25) is 4.79 Å². The van der Waals surface area contributed by atoms with E-state index in [9.17, 15) is 4.79 Å². The third-order valence-corrected chi connectivity index (χ3v) is 5.75. The first-order valence-corrected chi connectivity index (χ1v) is 8.77. The second-order valence-electron chi connectivity index (χ2n) is 4.42. The van der Waals surface area contributed by atoms with E-state index in [1.54, 1.807) is 0 Å². The standard InChI is InChI=1S/C13H24OS2/c1-2-3-4-5-6-7-8-12(14)13-11-15-9-10-16-13/h13H,2-11H2,1H3. The Labute approximate surface area is 109 Å². The van der Waals surface area contributed by atoms with Gasteiger partial charge < -0.3 is 0 Å². The van der Waals surface area contributed by atoms with E-state index in [1.807, 2.05) is 23.5 Å². The molecule has 1 heterocycles. The lowest BCUT2D eigenvalue weighted by atomic mass is 10.1. The van der Waals surface area contributed by atoms with Gasteiger partial charge in [-0.25, -0.2) is 0 Å². The molecule has 0 radical (unpaired) electrons. The van der Waals surface area contributed by atoms with Crippen LogP contribution in [-0.4, -0.2) is 28.3 Å². The molecule has 16 heavy (non-hydrogen) atoms. The molecule has 1 unspecified atom stereocenters. The fraction of sp³-hybridized carbons (Fsp3) is 0.923. The summed E-state index contributed by atoms with van der Waals surface area (Å²) in [6.07, 6.45) is 8.50. The van der Waals surface area contributed by atoms with E-state index in [1.165, 1.54) is 37.9 Å². The highest BCUT2D eigenvalue weighted by atomic mass is 32.2. The predicted molar refractivity (Wildman–Crippen MR) is 76.6 cm³/mol. The summed E-state index contributed by atoms with van der Waals surface area (Å²) in [6, 6.07) is 0. The van der Waals surface area contributed by atoms with Gasteiger partial charge >= 0.3 is 0 Å². The third kappa shape index (κ3) is 6.19. The molecule has 1 aliphatic heterocycles. The van der Waals surface area contributed by atoms with E-state index < -0.39 is 0 Å². The monoisotopic (exact) mass is 260 g/mol. The SMILES string of the molecule is CCCCCCCCC(=O)C1CSCCS1. The summed E-state index contributed by atoms with van der Waals surface area (Å²) in [5, 5.41) is 0.314. The van der Waals surface area contributed by atoms with Gasteiger partial charge in [-0.2, -0.15) is 11.8 Å². The van der Waals surface area contributed by atoms with Gasteiger partial charge in [0.05, 0.1) is 5.25 Å². The smallest absolute Gasteiger partial charge is 0.146 e. The van der Waals surface area contributed by atoms with Crippen LogP contribution in [0.15, 0.2) is 0 Å². The van der Waals surface area contributed by atoms with E-state index in [-0.39, 0.29) is 0 Å². The number of hydrogen-bond donors (Lipinski definition) is 0. The number of unbranched alkanes of at least 4 members (excludes halogenated alkanes) is 5. The fourth-order valence-electron chi connectivity index (χ4n) is 1.91. The van der Waals surface area contributed by atoms with Crippen LogP contribution in [0.1, 0.15) is 51.9 Å². The summed E-state index contributed by atoms with van der Waals surface area (Å²) >= 11 is 3.81. The maximum Gasteiger partial charge on any atom is 0.146 e. The number of ketones is 1. The molecule has 1 atom stereocenters. The second-order valence-corrected chi connectivity index (χ2v) is 6.88. The molecule has 1 fully saturated rings. The Hall–Kier alpha value is 0.370. The number of rotatable bonds is 8. The summed E-state index contributed by atoms with van der Waals surface area (Å²) in [6.45, 7) is 2.24. The van der Waals surface area contributed by atoms with Crippen molar-refractivity contribution in [1.29, 1.82) is 0 Å². The summed E-state index contributed by atoms with van der Waals surface area (Å²) in [5.41, 5.74) is 0. The Morgan fingerprint density at radius 2 is 1.88 bits per heavy atom. The van der Waals surface area contributed by atoms with Crippen LogP contribution in [0.4, 0.5) is 0 Å². The molecule has 0 aromatic carbocycles. The van der Waals surface area contributed by atoms with Crippen LogP contribution in [0.3, 0.4) is 0 Å². The Morgan fingerprint density at radius 1 is 1.12 bits per heavy atom. The van der Waals surface area contributed by atoms with Crippen LogP contribution < -0.4 is 0 Å². The van der Waals surface area contributed by atoms with Crippen LogP contribution in [0.5, 0.6) is 0 Å². The van der Waals surface area contributed by atoms with Crippen molar-refractivity contribution < 1.29 is 4.79 Å². The molecule has 0 N–H and O–H groups in total. The van der Waals surface area contributed by atoms with Crippen molar-refractivity contribution in [2.24, 2.45) is 0 Å². The van der Waals surface area contributed by atoms with Gasteiger partial charge in [0.25, 0.3) is 0 Å². The summed E-state index contributed by atoms with van der Waals surface area (Å²) in [5.74, 6) is 3.95. The van der Waals surface area contributed by atoms with Crippen molar-refractivity contribution in [3.05, 3.63) is 0 Å². The molecule has 0 aliphatic carbocycles. The number of Topliss-reactive ketones (excluding diaryl/α,β-unsaturated/α-hetero) is 1. The average molecular weight is 260 g/mol. The zero-order valence-electron chi connectivity index (χ0n) is 10.4. The maximum atomic E-state index is 11.9. The number of thioether (sulfide) groups is 2. The molecular weight excluding hydrogens is 236 g/mol. The Bertz CT molecular complexity index is 188. The first-order chi connectivity index (χ1) is 7.84. The lowest BCUT2D eigenvalue weighted by molar-refractivity contribution is -0.118. The highest BCUT2D eigenvalue weighted by molar-refractivity contribution is 8.07. The normalized spacial score (nSPS) is 20.9. The van der Waals surface area contributed by atoms with Crippen molar-refractivity contribution in [2.45, 2.75) is 57.1 Å². The van der Waals surface area contributed by atoms with E-state index in [0.717, 1.165) is 24.3 Å². The number of carbonyl (C=O) groups is 1. The van der Waals surface area contributed by atoms with Gasteiger partial charge in [-0.1, -0.05) is 39.0 Å². The summed E-state index contributed by atoms with van der Waals surface area (Å²) in [4.78, 5) is 11.9. The Balaban J connectivity index is 1.97. The number of hydrogen-bond acceptors (Lipinski definition) is 3. The van der Waals surface area contributed by atoms with Crippen molar-refractivity contribution in [3.8, 4) is 0 Å². The maximum absolute atomic E-state index is 11.9. The quantitative estimate of drug-likeness (QED) is 0.610. The first-order valence-electron chi connectivity index (χ1n) is 6.56. The number of carbonyl (C=O) groups excluding carboxylic acids is 1. The van der Waals surface area contributed by atoms with Crippen LogP contribution >= 0.6 is 23.5 Å². The molecule has 94 valence electrons. The van der Waals surface area contributed by atoms with Crippen molar-refractivity contribution in [2.75, 3.05) is 17.3 Å². The minimum atomic E-state index is 0.314. The topological polar surface area (TPSA) is 17.1 Å². The van der Waals surface area contributed by atoms with E-state index in [0.29, 0.717) is 11.0 Å². The molecule has 0 bridgehead atoms. The summed E-state index contributed by atoms with van der Waals surface area (Å²) < 4.78 is 0. The molecule has 1 nitrogen and oxygen atoms in total. The summed E-state index contributed by atoms with van der Waals surface area (Å²) in [7, 11) is 0. The van der Waals surface area contributed by atoms with Crippen molar-refractivity contribution >= 4 is 29.3 Å². The highest BCUT2D eigenvalue weighted by Gasteiger charge is 2.21. The molecule has 0 spiro atoms. The van der Waals surface area contributed by atoms with E-state index in [2.05, 4.69) is 6.92 Å². The highest BCUT2D eigenvalue weighted by Crippen LogP contribution is 2.26. The largest absolute Gasteiger partial charge is 0.298 e. The van der Waals surface area contributed by atoms with Gasteiger partial charge in [0.1, 0.15) is 5.78 Å². The van der Waals surface area contributed by atoms with Crippen LogP contribution in [0.2, 0.25) is 0 Å². The average Bonchev–Trinajstić information content (AvgIpc) is 2.34. The van der Waals surface area contributed by atoms with Crippen LogP contribution in [0, 0.1) is 0 Å². The molecule has 1 aliphatic rings. The molecule has 3 heteroatoms. The predicted octanol–water partition coefficient (Wildman–Crippen LogP) is 4.15. The molecule has 0 aromatic heterocycles. The van der Waals surface area contributed by atoms with Gasteiger partial charge in [0.15, 0.2) is 0 Å². The second kappa shape index (κ2) is 9.41. The molecule has 0 aromatic rings. The van der Waals surface area contributed by atoms with E-state index in [4.69, 9.17) is 0 Å². The molecular formula is C13H24OS2. The third-order valence-electron chi connectivity index (χ3n) is 2.95. The zero-order valence-corrected chi connectivity index (χ0v) is 12.0. The Morgan fingerprint density at radius 3 is 2.56 bits per heavy atom. The molecule has 1 saturated heterocycles. The van der Waals surface area contributed by atoms with Crippen LogP contribution in [0.25, 0.3) is 0 Å².